The summed E-state index contributed by atoms with van der Waals surface area (Å²) in [5.41, 5.74) is 0.776. The third kappa shape index (κ3) is 2.18. The Bertz CT molecular complexity index is 840. The number of para-hydroxylation sites is 1. The smallest absolute Gasteiger partial charge is 0.261 e. The summed E-state index contributed by atoms with van der Waals surface area (Å²) in [5, 5.41) is 0.663. The molecule has 0 radical (unpaired) electrons. The van der Waals surface area contributed by atoms with Gasteiger partial charge in [-0.3, -0.25) is 14.2 Å². The van der Waals surface area contributed by atoms with Crippen LogP contribution < -0.4 is 5.56 Å². The van der Waals surface area contributed by atoms with Crippen molar-refractivity contribution < 1.29 is 4.79 Å². The average molecular weight is 311 g/mol. The standard InChI is InChI=1S/C18H21N3O2/c1-11(2)17(22)21-12-7-8-13(21)10-20-16(9-12)19-15-6-4-3-5-14(15)18(20)23/h3-6,11-13H,7-10H2,1-2H3/t12-,13-/m1/s1. The first-order valence-electron chi connectivity index (χ1n) is 8.37. The Morgan fingerprint density at radius 3 is 2.74 bits per heavy atom. The molecule has 120 valence electrons. The van der Waals surface area contributed by atoms with Gasteiger partial charge in [0.05, 0.1) is 16.9 Å². The van der Waals surface area contributed by atoms with E-state index in [1.807, 2.05) is 43.0 Å². The highest BCUT2D eigenvalue weighted by Gasteiger charge is 2.41. The molecule has 5 heteroatoms. The maximum Gasteiger partial charge on any atom is 0.261 e. The van der Waals surface area contributed by atoms with Gasteiger partial charge in [-0.1, -0.05) is 26.0 Å². The Labute approximate surface area is 134 Å². The molecule has 0 unspecified atom stereocenters. The second kappa shape index (κ2) is 5.18. The van der Waals surface area contributed by atoms with Gasteiger partial charge in [-0.05, 0) is 25.0 Å². The molecule has 2 aliphatic rings. The molecule has 1 saturated heterocycles. The number of rotatable bonds is 1. The summed E-state index contributed by atoms with van der Waals surface area (Å²) in [6, 6.07) is 7.79. The Kier molecular flexibility index (Phi) is 3.25. The van der Waals surface area contributed by atoms with Gasteiger partial charge in [-0.25, -0.2) is 4.98 Å². The van der Waals surface area contributed by atoms with Gasteiger partial charge in [-0.15, -0.1) is 0 Å². The van der Waals surface area contributed by atoms with Crippen molar-refractivity contribution in [1.82, 2.24) is 14.5 Å². The zero-order valence-electron chi connectivity index (χ0n) is 13.5. The van der Waals surface area contributed by atoms with Crippen LogP contribution in [0.3, 0.4) is 0 Å². The van der Waals surface area contributed by atoms with E-state index in [1.54, 1.807) is 4.57 Å². The molecule has 2 atom stereocenters. The summed E-state index contributed by atoms with van der Waals surface area (Å²) in [7, 11) is 0. The summed E-state index contributed by atoms with van der Waals surface area (Å²) >= 11 is 0. The van der Waals surface area contributed by atoms with Crippen molar-refractivity contribution in [3.63, 3.8) is 0 Å². The third-order valence-corrected chi connectivity index (χ3v) is 5.12. The van der Waals surface area contributed by atoms with E-state index in [1.165, 1.54) is 0 Å². The van der Waals surface area contributed by atoms with E-state index >= 15 is 0 Å². The zero-order chi connectivity index (χ0) is 16.1. The minimum absolute atomic E-state index is 0.0111. The predicted octanol–water partition coefficient (Wildman–Crippen LogP) is 1.97. The van der Waals surface area contributed by atoms with Gasteiger partial charge in [0.1, 0.15) is 5.82 Å². The lowest BCUT2D eigenvalue weighted by molar-refractivity contribution is -0.137. The molecule has 1 fully saturated rings. The van der Waals surface area contributed by atoms with Crippen molar-refractivity contribution in [1.29, 1.82) is 0 Å². The van der Waals surface area contributed by atoms with E-state index in [4.69, 9.17) is 4.98 Å². The normalized spacial score (nSPS) is 23.2. The molecule has 0 saturated carbocycles. The molecule has 3 heterocycles. The Morgan fingerprint density at radius 1 is 1.22 bits per heavy atom. The summed E-state index contributed by atoms with van der Waals surface area (Å²) in [6.45, 7) is 4.46. The first-order chi connectivity index (χ1) is 11.1. The van der Waals surface area contributed by atoms with Crippen molar-refractivity contribution in [2.75, 3.05) is 0 Å². The molecular weight excluding hydrogens is 290 g/mol. The van der Waals surface area contributed by atoms with E-state index in [0.29, 0.717) is 18.4 Å². The number of fused-ring (bicyclic) bond motifs is 4. The molecule has 0 N–H and O–H groups in total. The molecule has 1 aromatic carbocycles. The number of hydrogen-bond acceptors (Lipinski definition) is 3. The fraction of sp³-hybridized carbons (Fsp3) is 0.500. The lowest BCUT2D eigenvalue weighted by atomic mass is 10.1. The summed E-state index contributed by atoms with van der Waals surface area (Å²) in [4.78, 5) is 32.2. The minimum atomic E-state index is -0.0111. The van der Waals surface area contributed by atoms with Crippen LogP contribution in [0.1, 0.15) is 32.5 Å². The Hall–Kier alpha value is -2.17. The molecule has 0 aliphatic carbocycles. The molecule has 2 aromatic rings. The van der Waals surface area contributed by atoms with Crippen LogP contribution in [-0.2, 0) is 17.8 Å². The van der Waals surface area contributed by atoms with E-state index in [9.17, 15) is 9.59 Å². The lowest BCUT2D eigenvalue weighted by Gasteiger charge is -2.29. The van der Waals surface area contributed by atoms with E-state index in [0.717, 1.165) is 24.2 Å². The van der Waals surface area contributed by atoms with Gasteiger partial charge < -0.3 is 4.90 Å². The second-order valence-corrected chi connectivity index (χ2v) is 6.95. The van der Waals surface area contributed by atoms with Crippen LogP contribution in [0.2, 0.25) is 0 Å². The van der Waals surface area contributed by atoms with Crippen LogP contribution in [0, 0.1) is 5.92 Å². The van der Waals surface area contributed by atoms with Crippen LogP contribution in [0.5, 0.6) is 0 Å². The van der Waals surface area contributed by atoms with Gasteiger partial charge in [0.2, 0.25) is 5.91 Å². The Balaban J connectivity index is 1.83. The monoisotopic (exact) mass is 311 g/mol. The highest BCUT2D eigenvalue weighted by molar-refractivity contribution is 5.79. The van der Waals surface area contributed by atoms with Crippen molar-refractivity contribution >= 4 is 16.8 Å². The molecule has 5 nitrogen and oxygen atoms in total. The van der Waals surface area contributed by atoms with Crippen LogP contribution in [-0.4, -0.2) is 32.4 Å². The quantitative estimate of drug-likeness (QED) is 0.809. The van der Waals surface area contributed by atoms with Gasteiger partial charge in [0.15, 0.2) is 0 Å². The molecule has 23 heavy (non-hydrogen) atoms. The average Bonchev–Trinajstić information content (AvgIpc) is 2.83. The summed E-state index contributed by atoms with van der Waals surface area (Å²) < 4.78 is 1.80. The van der Waals surface area contributed by atoms with Gasteiger partial charge >= 0.3 is 0 Å². The third-order valence-electron chi connectivity index (χ3n) is 5.12. The Morgan fingerprint density at radius 2 is 1.96 bits per heavy atom. The fourth-order valence-corrected chi connectivity index (χ4v) is 3.98. The maximum absolute atomic E-state index is 12.8. The number of benzene rings is 1. The first kappa shape index (κ1) is 14.4. The SMILES string of the molecule is CC(C)C(=O)N1[C@@H]2CC[C@@H]1Cn1c(nc3ccccc3c1=O)C2. The molecule has 1 amide bonds. The molecule has 2 aliphatic heterocycles. The topological polar surface area (TPSA) is 55.2 Å². The largest absolute Gasteiger partial charge is 0.334 e. The summed E-state index contributed by atoms with van der Waals surface area (Å²) in [5.74, 6) is 1.01. The highest BCUT2D eigenvalue weighted by atomic mass is 16.2. The van der Waals surface area contributed by atoms with Crippen LogP contribution >= 0.6 is 0 Å². The van der Waals surface area contributed by atoms with Crippen LogP contribution in [0.15, 0.2) is 29.1 Å². The van der Waals surface area contributed by atoms with Gasteiger partial charge in [0.25, 0.3) is 5.56 Å². The first-order valence-corrected chi connectivity index (χ1v) is 8.37. The highest BCUT2D eigenvalue weighted by Crippen LogP contribution is 2.32. The molecule has 0 spiro atoms. The number of carbonyl (C=O) groups is 1. The van der Waals surface area contributed by atoms with Crippen molar-refractivity contribution in [3.8, 4) is 0 Å². The van der Waals surface area contributed by atoms with Crippen LogP contribution in [0.4, 0.5) is 0 Å². The second-order valence-electron chi connectivity index (χ2n) is 6.95. The zero-order valence-corrected chi connectivity index (χ0v) is 13.5. The van der Waals surface area contributed by atoms with Crippen molar-refractivity contribution in [2.24, 2.45) is 5.92 Å². The molecule has 4 rings (SSSR count). The summed E-state index contributed by atoms with van der Waals surface area (Å²) in [6.07, 6.45) is 2.66. The van der Waals surface area contributed by atoms with Crippen LogP contribution in [0.25, 0.3) is 10.9 Å². The lowest BCUT2D eigenvalue weighted by Crippen LogP contribution is -2.44. The van der Waals surface area contributed by atoms with E-state index in [2.05, 4.69) is 0 Å². The van der Waals surface area contributed by atoms with E-state index in [-0.39, 0.29) is 29.5 Å². The number of amides is 1. The van der Waals surface area contributed by atoms with E-state index < -0.39 is 0 Å². The molecular formula is C18H21N3O2. The number of hydrogen-bond donors (Lipinski definition) is 0. The van der Waals surface area contributed by atoms with Crippen molar-refractivity contribution in [2.45, 2.75) is 51.7 Å². The molecule has 2 bridgehead atoms. The number of nitrogens with zero attached hydrogens (tertiary/aromatic N) is 3. The molecule has 1 aromatic heterocycles. The minimum Gasteiger partial charge on any atom is -0.334 e. The van der Waals surface area contributed by atoms with Gasteiger partial charge in [0, 0.05) is 24.9 Å². The fourth-order valence-electron chi connectivity index (χ4n) is 3.98. The predicted molar refractivity (Wildman–Crippen MR) is 88.2 cm³/mol. The number of aromatic nitrogens is 2. The maximum atomic E-state index is 12.8. The van der Waals surface area contributed by atoms with Gasteiger partial charge in [-0.2, -0.15) is 0 Å². The van der Waals surface area contributed by atoms with Crippen molar-refractivity contribution in [3.05, 3.63) is 40.4 Å². The number of carbonyl (C=O) groups excluding carboxylic acids is 1.